The van der Waals surface area contributed by atoms with E-state index in [0.29, 0.717) is 0 Å². The van der Waals surface area contributed by atoms with E-state index in [2.05, 4.69) is 15.0 Å². The van der Waals surface area contributed by atoms with Crippen molar-refractivity contribution in [2.24, 2.45) is 0 Å². The molecule has 2 aromatic rings. The van der Waals surface area contributed by atoms with E-state index in [9.17, 15) is 14.8 Å². The van der Waals surface area contributed by atoms with Crippen molar-refractivity contribution in [3.05, 3.63) is 18.5 Å². The van der Waals surface area contributed by atoms with Gasteiger partial charge in [0, 0.05) is 12.3 Å². The molecule has 10 nitrogen and oxygen atoms in total. The Morgan fingerprint density at radius 3 is 2.83 bits per heavy atom. The second-order valence-corrected chi connectivity index (χ2v) is 6.91. The summed E-state index contributed by atoms with van der Waals surface area (Å²) in [7, 11) is -4.37. The third-order valence-corrected chi connectivity index (χ3v) is 4.39. The van der Waals surface area contributed by atoms with Gasteiger partial charge in [-0.3, -0.25) is 4.57 Å². The molecule has 2 atom stereocenters. The maximum absolute atomic E-state index is 11.7. The van der Waals surface area contributed by atoms with E-state index in [0.717, 1.165) is 0 Å². The first-order valence-corrected chi connectivity index (χ1v) is 8.10. The van der Waals surface area contributed by atoms with Gasteiger partial charge in [-0.1, -0.05) is 12.2 Å². The first-order chi connectivity index (χ1) is 10.2. The molecule has 0 saturated carbocycles. The van der Waals surface area contributed by atoms with Gasteiger partial charge in [-0.2, -0.15) is 4.98 Å². The summed E-state index contributed by atoms with van der Waals surface area (Å²) in [5, 5.41) is 21.9. The zero-order valence-corrected chi connectivity index (χ0v) is 15.1. The van der Waals surface area contributed by atoms with Crippen LogP contribution in [0, 0.1) is 0 Å². The second-order valence-electron chi connectivity index (χ2n) is 5.27. The molecular formula is C11H13N5NaO5P. The van der Waals surface area contributed by atoms with Crippen LogP contribution >= 0.6 is 7.60 Å². The number of hydrogen-bond donors (Lipinski definition) is 4. The fourth-order valence-electron chi connectivity index (χ4n) is 2.60. The number of nitrogen functional groups attached to an aromatic ring is 1. The molecule has 0 aromatic carbocycles. The third kappa shape index (κ3) is 3.74. The van der Waals surface area contributed by atoms with Crippen LogP contribution in [0.2, 0.25) is 0 Å². The van der Waals surface area contributed by atoms with Crippen molar-refractivity contribution < 1.29 is 54.1 Å². The third-order valence-electron chi connectivity index (χ3n) is 3.44. The van der Waals surface area contributed by atoms with E-state index < -0.39 is 31.3 Å². The average Bonchev–Trinajstić information content (AvgIpc) is 2.90. The predicted molar refractivity (Wildman–Crippen MR) is 73.8 cm³/mol. The van der Waals surface area contributed by atoms with Gasteiger partial charge in [-0.15, -0.1) is 0 Å². The number of aromatic nitrogens is 4. The minimum absolute atomic E-state index is 0. The van der Waals surface area contributed by atoms with Crippen LogP contribution in [-0.4, -0.2) is 46.2 Å². The summed E-state index contributed by atoms with van der Waals surface area (Å²) in [5.74, 6) is -0.791. The molecule has 23 heavy (non-hydrogen) atoms. The molecule has 5 N–H and O–H groups in total. The Bertz CT molecular complexity index is 820. The summed E-state index contributed by atoms with van der Waals surface area (Å²) < 4.78 is 12.6. The minimum Gasteiger partial charge on any atom is -0.857 e. The van der Waals surface area contributed by atoms with E-state index in [4.69, 9.17) is 15.5 Å². The molecule has 2 aromatic heterocycles. The number of allylic oxidation sites excluding steroid dienone is 1. The molecule has 1 aliphatic rings. The smallest absolute Gasteiger partial charge is 0.857 e. The Kier molecular flexibility index (Phi) is 4.89. The Morgan fingerprint density at radius 2 is 2.17 bits per heavy atom. The molecule has 0 spiro atoms. The topological polar surface area (TPSA) is 170 Å². The zero-order valence-electron chi connectivity index (χ0n) is 12.2. The van der Waals surface area contributed by atoms with Crippen LogP contribution in [0.15, 0.2) is 18.5 Å². The molecule has 12 heteroatoms. The molecule has 0 unspecified atom stereocenters. The first-order valence-electron chi connectivity index (χ1n) is 6.30. The maximum Gasteiger partial charge on any atom is 1.00 e. The minimum atomic E-state index is -4.37. The molecule has 0 aliphatic heterocycles. The number of nitrogens with two attached hydrogens (primary N) is 1. The molecule has 0 amide bonds. The fraction of sp³-hybridized carbons (Fsp3) is 0.364. The molecule has 2 heterocycles. The van der Waals surface area contributed by atoms with Crippen LogP contribution in [0.5, 0.6) is 5.88 Å². The van der Waals surface area contributed by atoms with Crippen LogP contribution in [-0.2, 0) is 4.57 Å². The monoisotopic (exact) mass is 349 g/mol. The number of nitrogens with zero attached hydrogens (tertiary/aromatic N) is 4. The number of aliphatic hydroxyl groups is 1. The van der Waals surface area contributed by atoms with Crippen molar-refractivity contribution in [2.75, 3.05) is 11.9 Å². The van der Waals surface area contributed by atoms with Gasteiger partial charge in [0.05, 0.1) is 24.1 Å². The summed E-state index contributed by atoms with van der Waals surface area (Å²) in [6, 6.07) is -0.449. The molecule has 1 aliphatic carbocycles. The Balaban J connectivity index is 0.00000192. The summed E-state index contributed by atoms with van der Waals surface area (Å²) in [6.45, 7) is 0. The summed E-state index contributed by atoms with van der Waals surface area (Å²) in [5.41, 5.74) is 4.09. The van der Waals surface area contributed by atoms with Crippen LogP contribution in [0.25, 0.3) is 11.2 Å². The molecule has 3 rings (SSSR count). The number of hydrogen-bond acceptors (Lipinski definition) is 7. The van der Waals surface area contributed by atoms with E-state index in [1.807, 2.05) is 0 Å². The van der Waals surface area contributed by atoms with E-state index in [1.54, 1.807) is 6.08 Å². The van der Waals surface area contributed by atoms with Crippen molar-refractivity contribution >= 4 is 24.7 Å². The second kappa shape index (κ2) is 6.14. The number of rotatable bonds is 3. The largest absolute Gasteiger partial charge is 1.00 e. The predicted octanol–water partition coefficient (Wildman–Crippen LogP) is -4.10. The van der Waals surface area contributed by atoms with Crippen LogP contribution < -0.4 is 40.4 Å². The van der Waals surface area contributed by atoms with Crippen molar-refractivity contribution in [2.45, 2.75) is 18.1 Å². The number of fused-ring (bicyclic) bond motifs is 1. The Labute approximate surface area is 152 Å². The van der Waals surface area contributed by atoms with Gasteiger partial charge < -0.3 is 30.3 Å². The summed E-state index contributed by atoms with van der Waals surface area (Å²) in [6.07, 6.45) is 3.63. The Morgan fingerprint density at radius 1 is 1.48 bits per heavy atom. The molecular weight excluding hydrogens is 336 g/mol. The van der Waals surface area contributed by atoms with Crippen molar-refractivity contribution in [3.8, 4) is 5.88 Å². The number of imidazole rings is 1. The van der Waals surface area contributed by atoms with Crippen LogP contribution in [0.3, 0.4) is 0 Å². The Hall–Kier alpha value is -1.00. The molecule has 0 radical (unpaired) electrons. The summed E-state index contributed by atoms with van der Waals surface area (Å²) >= 11 is 0. The fourth-order valence-corrected chi connectivity index (χ4v) is 3.55. The maximum atomic E-state index is 11.7. The van der Waals surface area contributed by atoms with E-state index in [-0.39, 0.29) is 53.1 Å². The molecule has 0 saturated heterocycles. The van der Waals surface area contributed by atoms with Gasteiger partial charge >= 0.3 is 37.2 Å². The van der Waals surface area contributed by atoms with Crippen LogP contribution in [0.4, 0.5) is 5.95 Å². The van der Waals surface area contributed by atoms with Gasteiger partial charge in [0.15, 0.2) is 5.65 Å². The average molecular weight is 349 g/mol. The van der Waals surface area contributed by atoms with Gasteiger partial charge in [0.1, 0.15) is 5.52 Å². The molecule has 118 valence electrons. The van der Waals surface area contributed by atoms with Gasteiger partial charge in [-0.05, 0) is 0 Å². The zero-order chi connectivity index (χ0) is 16.1. The molecule has 0 bridgehead atoms. The molecule has 0 fully saturated rings. The van der Waals surface area contributed by atoms with Crippen LogP contribution in [0.1, 0.15) is 12.5 Å². The van der Waals surface area contributed by atoms with E-state index >= 15 is 0 Å². The quantitative estimate of drug-likeness (QED) is 0.244. The first kappa shape index (κ1) is 18.3. The SMILES string of the molecule is Nc1nc([O-])c2ncn([C@H]3C=C[C@@](O)(CP(=O)(O)O)C3)c2n1.[Na+]. The van der Waals surface area contributed by atoms with E-state index in [1.165, 1.54) is 17.0 Å². The van der Waals surface area contributed by atoms with Crippen molar-refractivity contribution in [3.63, 3.8) is 0 Å². The summed E-state index contributed by atoms with van der Waals surface area (Å²) in [4.78, 5) is 29.4. The normalized spacial score (nSPS) is 24.0. The van der Waals surface area contributed by atoms with Gasteiger partial charge in [-0.25, -0.2) is 9.97 Å². The standard InChI is InChI=1S/C11H14N5O5P.Na/c12-10-14-8-7(9(17)15-10)13-5-16(8)6-1-2-11(18,3-6)4-22(19,20)21;/h1-2,5-6,18H,3-4H2,(H2,19,20,21)(H3,12,14,15,17);/q;+1/p-1/t6-,11-;/m0./s1. The van der Waals surface area contributed by atoms with Crippen molar-refractivity contribution in [1.29, 1.82) is 0 Å². The van der Waals surface area contributed by atoms with Gasteiger partial charge in [0.2, 0.25) is 5.95 Å². The van der Waals surface area contributed by atoms with Gasteiger partial charge in [0.25, 0.3) is 0 Å². The van der Waals surface area contributed by atoms with Crippen molar-refractivity contribution in [1.82, 2.24) is 19.5 Å². The number of anilines is 1.